The van der Waals surface area contributed by atoms with Crippen LogP contribution in [0.4, 0.5) is 0 Å². The van der Waals surface area contributed by atoms with Crippen LogP contribution in [0.25, 0.3) is 0 Å². The highest BCUT2D eigenvalue weighted by Gasteiger charge is 2.49. The molecule has 366 valence electrons. The van der Waals surface area contributed by atoms with Gasteiger partial charge >= 0.3 is 35.8 Å². The number of carbonyl (C=O) groups is 6. The lowest BCUT2D eigenvalue weighted by molar-refractivity contribution is -0.157. The Balaban J connectivity index is 0.846. The minimum atomic E-state index is -0.621. The third-order valence-corrected chi connectivity index (χ3v) is 13.8. The van der Waals surface area contributed by atoms with E-state index in [-0.39, 0.29) is 48.5 Å². The molecule has 0 aromatic heterocycles. The molecule has 0 bridgehead atoms. The third kappa shape index (κ3) is 11.9. The Hall–Kier alpha value is -6.90. The molecule has 70 heavy (non-hydrogen) atoms. The molecule has 4 aliphatic carbocycles. The Morgan fingerprint density at radius 2 is 0.914 bits per heavy atom. The topological polar surface area (TPSA) is 176 Å². The number of benzene rings is 4. The highest BCUT2D eigenvalue weighted by molar-refractivity contribution is 5.97. The SMILES string of the molecule is C=CC(=O)OCCCCOC1CCC(C(=O)Oc2ccc(OC(=O)c3cccc4c3C3(CC4)CCc4cccc(C(=O)Oc5ccc(OC(=O)C6CCC(OCOC(=O)C=C)CC6)cc5)c43)cc2)CC1. The first-order valence-electron chi connectivity index (χ1n) is 24.2. The monoisotopic (exact) mass is 954 g/mol. The van der Waals surface area contributed by atoms with Crippen molar-refractivity contribution in [3.63, 3.8) is 0 Å². The molecule has 1 atom stereocenters. The summed E-state index contributed by atoms with van der Waals surface area (Å²) in [5, 5.41) is 0. The Kier molecular flexibility index (Phi) is 16.4. The maximum atomic E-state index is 14.1. The van der Waals surface area contributed by atoms with E-state index >= 15 is 0 Å². The van der Waals surface area contributed by atoms with Gasteiger partial charge in [-0.05, 0) is 173 Å². The Morgan fingerprint density at radius 3 is 1.37 bits per heavy atom. The lowest BCUT2D eigenvalue weighted by Crippen LogP contribution is -2.29. The molecular weight excluding hydrogens is 897 g/mol. The second kappa shape index (κ2) is 23.1. The standard InChI is InChI=1S/C56H58O14/c1-3-48(57)64-34-6-5-33-63-40-17-13-38(14-18-40)52(59)67-42-21-25-44(26-22-42)69-54(61)46-11-7-9-36-29-31-56(50(36)46)32-30-37-10-8-12-47(51(37)56)55(62)70-45-27-23-43(24-28-45)68-53(60)39-15-19-41(20-16-39)65-35-66-49(58)4-2/h3-4,7-12,21-28,38-41H,1-2,5-6,13-20,29-35H2. The molecule has 14 heteroatoms. The van der Waals surface area contributed by atoms with Crippen LogP contribution < -0.4 is 18.9 Å². The molecule has 4 aliphatic rings. The van der Waals surface area contributed by atoms with Crippen molar-refractivity contribution in [2.24, 2.45) is 11.8 Å². The van der Waals surface area contributed by atoms with E-state index in [1.165, 1.54) is 0 Å². The van der Waals surface area contributed by atoms with Gasteiger partial charge in [0.2, 0.25) is 0 Å². The Bertz CT molecular complexity index is 2560. The first-order chi connectivity index (χ1) is 34.0. The highest BCUT2D eigenvalue weighted by Crippen LogP contribution is 2.54. The molecule has 0 aliphatic heterocycles. The summed E-state index contributed by atoms with van der Waals surface area (Å²) in [4.78, 5) is 76.7. The fraction of sp³-hybridized carbons (Fsp3) is 0.393. The van der Waals surface area contributed by atoms with Gasteiger partial charge in [-0.3, -0.25) is 9.59 Å². The zero-order chi connectivity index (χ0) is 49.0. The van der Waals surface area contributed by atoms with Crippen molar-refractivity contribution < 1.29 is 66.7 Å². The number of fused-ring (bicyclic) bond motifs is 4. The van der Waals surface area contributed by atoms with Crippen LogP contribution in [0.3, 0.4) is 0 Å². The van der Waals surface area contributed by atoms with Gasteiger partial charge in [0, 0.05) is 24.2 Å². The summed E-state index contributed by atoms with van der Waals surface area (Å²) in [5.41, 5.74) is 3.98. The van der Waals surface area contributed by atoms with Crippen LogP contribution in [-0.4, -0.2) is 68.0 Å². The zero-order valence-electron chi connectivity index (χ0n) is 39.2. The van der Waals surface area contributed by atoms with E-state index in [1.54, 1.807) is 60.7 Å². The lowest BCUT2D eigenvalue weighted by atomic mass is 9.73. The molecule has 14 nitrogen and oxygen atoms in total. The summed E-state index contributed by atoms with van der Waals surface area (Å²) in [6.07, 6.45) is 11.7. The van der Waals surface area contributed by atoms with Gasteiger partial charge in [-0.25, -0.2) is 19.2 Å². The number of hydrogen-bond acceptors (Lipinski definition) is 14. The van der Waals surface area contributed by atoms with Crippen molar-refractivity contribution >= 4 is 35.8 Å². The number of rotatable bonds is 19. The molecule has 8 rings (SSSR count). The van der Waals surface area contributed by atoms with Crippen molar-refractivity contribution in [3.8, 4) is 23.0 Å². The molecule has 4 aromatic carbocycles. The lowest BCUT2D eigenvalue weighted by Gasteiger charge is -2.30. The Labute approximate surface area is 407 Å². The molecular formula is C56H58O14. The van der Waals surface area contributed by atoms with Gasteiger partial charge in [-0.2, -0.15) is 0 Å². The second-order valence-electron chi connectivity index (χ2n) is 18.2. The van der Waals surface area contributed by atoms with Crippen LogP contribution in [0.15, 0.2) is 110 Å². The van der Waals surface area contributed by atoms with Crippen molar-refractivity contribution in [1.29, 1.82) is 0 Å². The zero-order valence-corrected chi connectivity index (χ0v) is 39.2. The number of esters is 6. The van der Waals surface area contributed by atoms with Gasteiger partial charge in [0.05, 0.1) is 41.8 Å². The maximum Gasteiger partial charge on any atom is 0.343 e. The summed E-state index contributed by atoms with van der Waals surface area (Å²) in [6, 6.07) is 24.1. The van der Waals surface area contributed by atoms with Gasteiger partial charge in [-0.1, -0.05) is 37.4 Å². The van der Waals surface area contributed by atoms with E-state index in [9.17, 15) is 28.8 Å². The van der Waals surface area contributed by atoms with Gasteiger partial charge in [0.25, 0.3) is 0 Å². The van der Waals surface area contributed by atoms with Gasteiger partial charge in [-0.15, -0.1) is 0 Å². The van der Waals surface area contributed by atoms with Gasteiger partial charge < -0.3 is 37.9 Å². The highest BCUT2D eigenvalue weighted by atomic mass is 16.7. The van der Waals surface area contributed by atoms with Gasteiger partial charge in [0.15, 0.2) is 6.79 Å². The smallest absolute Gasteiger partial charge is 0.343 e. The number of carbonyl (C=O) groups excluding carboxylic acids is 6. The quantitative estimate of drug-likeness (QED) is 0.0286. The predicted molar refractivity (Wildman–Crippen MR) is 254 cm³/mol. The summed E-state index contributed by atoms with van der Waals surface area (Å²) in [6.45, 7) is 7.47. The van der Waals surface area contributed by atoms with E-state index in [0.29, 0.717) is 112 Å². The minimum absolute atomic E-state index is 0.0735. The van der Waals surface area contributed by atoms with Crippen LogP contribution >= 0.6 is 0 Å². The largest absolute Gasteiger partial charge is 0.463 e. The molecule has 0 heterocycles. The molecule has 2 fully saturated rings. The number of unbranched alkanes of at least 4 members (excludes halogenated alkanes) is 1. The molecule has 1 unspecified atom stereocenters. The minimum Gasteiger partial charge on any atom is -0.463 e. The fourth-order valence-corrected chi connectivity index (χ4v) is 10.3. The molecule has 4 aromatic rings. The molecule has 1 spiro atoms. The summed E-state index contributed by atoms with van der Waals surface area (Å²) >= 11 is 0. The summed E-state index contributed by atoms with van der Waals surface area (Å²) in [7, 11) is 0. The number of hydrogen-bond donors (Lipinski definition) is 0. The number of aryl methyl sites for hydroxylation is 2. The van der Waals surface area contributed by atoms with Crippen LogP contribution in [0.1, 0.15) is 120 Å². The first kappa shape index (κ1) is 49.5. The average molecular weight is 955 g/mol. The van der Waals surface area contributed by atoms with E-state index < -0.39 is 29.3 Å². The van der Waals surface area contributed by atoms with Crippen LogP contribution in [0.5, 0.6) is 23.0 Å². The van der Waals surface area contributed by atoms with Crippen molar-refractivity contribution in [1.82, 2.24) is 0 Å². The third-order valence-electron chi connectivity index (χ3n) is 13.8. The molecule has 0 saturated heterocycles. The maximum absolute atomic E-state index is 14.1. The normalized spacial score (nSPS) is 21.1. The van der Waals surface area contributed by atoms with E-state index in [1.807, 2.05) is 24.3 Å². The van der Waals surface area contributed by atoms with E-state index in [4.69, 9.17) is 37.9 Å². The molecule has 0 N–H and O–H groups in total. The van der Waals surface area contributed by atoms with Crippen molar-refractivity contribution in [2.45, 2.75) is 108 Å². The first-order valence-corrected chi connectivity index (χ1v) is 24.2. The van der Waals surface area contributed by atoms with Gasteiger partial charge in [0.1, 0.15) is 23.0 Å². The summed E-state index contributed by atoms with van der Waals surface area (Å²) < 4.78 is 44.8. The average Bonchev–Trinajstić information content (AvgIpc) is 3.96. The predicted octanol–water partition coefficient (Wildman–Crippen LogP) is 9.46. The van der Waals surface area contributed by atoms with Crippen LogP contribution in [0.2, 0.25) is 0 Å². The molecule has 0 radical (unpaired) electrons. The van der Waals surface area contributed by atoms with Crippen molar-refractivity contribution in [3.05, 3.63) is 144 Å². The molecule has 2 saturated carbocycles. The molecule has 0 amide bonds. The van der Waals surface area contributed by atoms with E-state index in [0.717, 1.165) is 53.7 Å². The van der Waals surface area contributed by atoms with Crippen LogP contribution in [-0.2, 0) is 56.4 Å². The summed E-state index contributed by atoms with van der Waals surface area (Å²) in [5.74, 6) is -2.00. The van der Waals surface area contributed by atoms with Crippen molar-refractivity contribution in [2.75, 3.05) is 20.0 Å². The Morgan fingerprint density at radius 1 is 0.500 bits per heavy atom. The second-order valence-corrected chi connectivity index (χ2v) is 18.2. The number of ether oxygens (including phenoxy) is 8. The fourth-order valence-electron chi connectivity index (χ4n) is 10.3. The van der Waals surface area contributed by atoms with E-state index in [2.05, 4.69) is 13.2 Å². The van der Waals surface area contributed by atoms with Crippen LogP contribution in [0, 0.1) is 11.8 Å².